The van der Waals surface area contributed by atoms with E-state index in [0.29, 0.717) is 17.3 Å². The number of hydrogen-bond donors (Lipinski definition) is 1. The third-order valence-corrected chi connectivity index (χ3v) is 5.88. The molecular formula is C19H24ClN5O. The van der Waals surface area contributed by atoms with Gasteiger partial charge in [0.05, 0.1) is 17.9 Å². The summed E-state index contributed by atoms with van der Waals surface area (Å²) < 4.78 is 1.62. The molecule has 0 spiro atoms. The highest BCUT2D eigenvalue weighted by Gasteiger charge is 2.31. The third kappa shape index (κ3) is 3.91. The number of carbonyl (C=O) groups is 1. The van der Waals surface area contributed by atoms with Gasteiger partial charge in [-0.3, -0.25) is 9.69 Å². The number of aromatic nitrogens is 3. The largest absolute Gasteiger partial charge is 0.323 e. The number of benzene rings is 1. The summed E-state index contributed by atoms with van der Waals surface area (Å²) in [7, 11) is 0. The highest BCUT2D eigenvalue weighted by atomic mass is 35.5. The zero-order valence-corrected chi connectivity index (χ0v) is 15.5. The summed E-state index contributed by atoms with van der Waals surface area (Å²) in [6.45, 7) is 2.48. The van der Waals surface area contributed by atoms with Crippen LogP contribution in [-0.2, 0) is 4.79 Å². The Morgan fingerprint density at radius 2 is 2.08 bits per heavy atom. The Morgan fingerprint density at radius 1 is 1.23 bits per heavy atom. The van der Waals surface area contributed by atoms with Crippen molar-refractivity contribution in [2.24, 2.45) is 11.8 Å². The molecule has 2 aromatic rings. The molecule has 1 aromatic heterocycles. The second-order valence-corrected chi connectivity index (χ2v) is 7.81. The first-order chi connectivity index (χ1) is 12.7. The molecule has 1 N–H and O–H groups in total. The van der Waals surface area contributed by atoms with Crippen molar-refractivity contribution in [2.45, 2.75) is 32.1 Å². The van der Waals surface area contributed by atoms with Crippen LogP contribution in [0.15, 0.2) is 30.9 Å². The Labute approximate surface area is 158 Å². The third-order valence-electron chi connectivity index (χ3n) is 5.64. The fourth-order valence-corrected chi connectivity index (χ4v) is 4.53. The number of rotatable bonds is 4. The van der Waals surface area contributed by atoms with Gasteiger partial charge in [-0.2, -0.15) is 5.10 Å². The molecule has 1 aliphatic carbocycles. The van der Waals surface area contributed by atoms with Crippen LogP contribution < -0.4 is 5.32 Å². The van der Waals surface area contributed by atoms with Gasteiger partial charge in [-0.25, -0.2) is 9.67 Å². The summed E-state index contributed by atoms with van der Waals surface area (Å²) in [5.74, 6) is 1.62. The molecule has 0 bridgehead atoms. The number of amides is 1. The van der Waals surface area contributed by atoms with Crippen LogP contribution in [0, 0.1) is 11.8 Å². The summed E-state index contributed by atoms with van der Waals surface area (Å²) in [5, 5.41) is 7.73. The van der Waals surface area contributed by atoms with Gasteiger partial charge in [0.15, 0.2) is 0 Å². The molecule has 1 aliphatic heterocycles. The number of nitrogens with zero attached hydrogens (tertiary/aromatic N) is 4. The topological polar surface area (TPSA) is 63.1 Å². The van der Waals surface area contributed by atoms with E-state index in [0.717, 1.165) is 30.6 Å². The van der Waals surface area contributed by atoms with Gasteiger partial charge in [0.2, 0.25) is 5.91 Å². The first-order valence-electron chi connectivity index (χ1n) is 9.36. The van der Waals surface area contributed by atoms with Gasteiger partial charge in [0.25, 0.3) is 0 Å². The van der Waals surface area contributed by atoms with E-state index in [4.69, 9.17) is 11.6 Å². The molecule has 1 aromatic carbocycles. The van der Waals surface area contributed by atoms with E-state index in [9.17, 15) is 4.79 Å². The number of likely N-dealkylation sites (tertiary alicyclic amines) is 1. The zero-order valence-electron chi connectivity index (χ0n) is 14.8. The molecule has 138 valence electrons. The molecular weight excluding hydrogens is 350 g/mol. The molecule has 1 amide bonds. The van der Waals surface area contributed by atoms with E-state index in [2.05, 4.69) is 20.3 Å². The minimum atomic E-state index is -0.0112. The molecule has 7 heteroatoms. The zero-order chi connectivity index (χ0) is 17.9. The lowest BCUT2D eigenvalue weighted by Crippen LogP contribution is -2.44. The smallest absolute Gasteiger partial charge is 0.238 e. The van der Waals surface area contributed by atoms with Crippen molar-refractivity contribution in [1.82, 2.24) is 19.7 Å². The van der Waals surface area contributed by atoms with E-state index in [-0.39, 0.29) is 5.91 Å². The van der Waals surface area contributed by atoms with Crippen molar-refractivity contribution >= 4 is 23.2 Å². The number of piperidine rings is 1. The molecule has 2 heterocycles. The lowest BCUT2D eigenvalue weighted by Gasteiger charge is -2.41. The monoisotopic (exact) mass is 373 g/mol. The van der Waals surface area contributed by atoms with Gasteiger partial charge in [-0.1, -0.05) is 30.9 Å². The van der Waals surface area contributed by atoms with Crippen LogP contribution in [0.25, 0.3) is 5.69 Å². The second-order valence-electron chi connectivity index (χ2n) is 7.38. The fourth-order valence-electron chi connectivity index (χ4n) is 4.35. The number of halogens is 1. The van der Waals surface area contributed by atoms with Gasteiger partial charge in [0.1, 0.15) is 12.7 Å². The first-order valence-corrected chi connectivity index (χ1v) is 9.73. The fraction of sp³-hybridized carbons (Fsp3) is 0.526. The molecule has 2 fully saturated rings. The SMILES string of the molecule is O=C(CN1CC[C@@H]2CCCC[C@@H]2C1)Nc1cc(Cl)ccc1-n1cncn1. The maximum Gasteiger partial charge on any atom is 0.238 e. The Morgan fingerprint density at radius 3 is 2.88 bits per heavy atom. The number of hydrogen-bond acceptors (Lipinski definition) is 4. The highest BCUT2D eigenvalue weighted by molar-refractivity contribution is 6.31. The maximum absolute atomic E-state index is 12.6. The van der Waals surface area contributed by atoms with Crippen molar-refractivity contribution < 1.29 is 4.79 Å². The van der Waals surface area contributed by atoms with Crippen LogP contribution in [0.4, 0.5) is 5.69 Å². The predicted molar refractivity (Wildman–Crippen MR) is 102 cm³/mol. The van der Waals surface area contributed by atoms with Crippen LogP contribution in [0.2, 0.25) is 5.02 Å². The number of nitrogens with one attached hydrogen (secondary N) is 1. The van der Waals surface area contributed by atoms with E-state index in [1.807, 2.05) is 6.07 Å². The van der Waals surface area contributed by atoms with E-state index in [1.165, 1.54) is 38.4 Å². The van der Waals surface area contributed by atoms with E-state index >= 15 is 0 Å². The molecule has 6 nitrogen and oxygen atoms in total. The molecule has 2 aliphatic rings. The van der Waals surface area contributed by atoms with Gasteiger partial charge in [-0.05, 0) is 49.4 Å². The summed E-state index contributed by atoms with van der Waals surface area (Å²) >= 11 is 6.12. The maximum atomic E-state index is 12.6. The Bertz CT molecular complexity index is 763. The lowest BCUT2D eigenvalue weighted by molar-refractivity contribution is -0.118. The Kier molecular flexibility index (Phi) is 5.22. The van der Waals surface area contributed by atoms with Crippen LogP contribution >= 0.6 is 11.6 Å². The first kappa shape index (κ1) is 17.5. The minimum Gasteiger partial charge on any atom is -0.323 e. The summed E-state index contributed by atoms with van der Waals surface area (Å²) in [5.41, 5.74) is 1.41. The molecule has 1 saturated heterocycles. The van der Waals surface area contributed by atoms with Gasteiger partial charge in [-0.15, -0.1) is 0 Å². The minimum absolute atomic E-state index is 0.0112. The van der Waals surface area contributed by atoms with Gasteiger partial charge < -0.3 is 5.32 Å². The Balaban J connectivity index is 1.41. The molecule has 0 radical (unpaired) electrons. The molecule has 4 rings (SSSR count). The molecule has 26 heavy (non-hydrogen) atoms. The van der Waals surface area contributed by atoms with Crippen molar-refractivity contribution in [3.63, 3.8) is 0 Å². The lowest BCUT2D eigenvalue weighted by atomic mass is 9.75. The number of carbonyl (C=O) groups excluding carboxylic acids is 1. The van der Waals surface area contributed by atoms with Crippen molar-refractivity contribution in [2.75, 3.05) is 25.0 Å². The summed E-state index contributed by atoms with van der Waals surface area (Å²) in [4.78, 5) is 18.9. The van der Waals surface area contributed by atoms with Crippen LogP contribution in [0.3, 0.4) is 0 Å². The van der Waals surface area contributed by atoms with Crippen molar-refractivity contribution in [1.29, 1.82) is 0 Å². The highest BCUT2D eigenvalue weighted by Crippen LogP contribution is 2.36. The predicted octanol–water partition coefficient (Wildman–Crippen LogP) is 3.37. The molecule has 2 atom stereocenters. The standard InChI is InChI=1S/C19H24ClN5O/c20-16-5-6-18(25-13-21-12-22-25)17(9-16)23-19(26)11-24-8-7-14-3-1-2-4-15(14)10-24/h5-6,9,12-15H,1-4,7-8,10-11H2,(H,23,26)/t14-,15+/m0/s1. The Hall–Kier alpha value is -1.92. The number of anilines is 1. The average molecular weight is 374 g/mol. The van der Waals surface area contributed by atoms with Gasteiger partial charge >= 0.3 is 0 Å². The van der Waals surface area contributed by atoms with Crippen LogP contribution in [0.5, 0.6) is 0 Å². The average Bonchev–Trinajstić information content (AvgIpc) is 3.16. The summed E-state index contributed by atoms with van der Waals surface area (Å²) in [6, 6.07) is 5.37. The molecule has 0 unspecified atom stereocenters. The normalized spacial score (nSPS) is 23.4. The van der Waals surface area contributed by atoms with E-state index in [1.54, 1.807) is 23.1 Å². The second kappa shape index (κ2) is 7.76. The number of fused-ring (bicyclic) bond motifs is 1. The quantitative estimate of drug-likeness (QED) is 0.892. The molecule has 1 saturated carbocycles. The van der Waals surface area contributed by atoms with E-state index < -0.39 is 0 Å². The van der Waals surface area contributed by atoms with Crippen molar-refractivity contribution in [3.05, 3.63) is 35.9 Å². The van der Waals surface area contributed by atoms with Crippen LogP contribution in [0.1, 0.15) is 32.1 Å². The van der Waals surface area contributed by atoms with Crippen LogP contribution in [-0.4, -0.2) is 45.2 Å². The van der Waals surface area contributed by atoms with Crippen molar-refractivity contribution in [3.8, 4) is 5.69 Å². The summed E-state index contributed by atoms with van der Waals surface area (Å²) in [6.07, 6.45) is 9.69. The van der Waals surface area contributed by atoms with Gasteiger partial charge in [0, 0.05) is 11.6 Å².